The van der Waals surface area contributed by atoms with E-state index in [1.54, 1.807) is 11.0 Å². The van der Waals surface area contributed by atoms with Gasteiger partial charge in [-0.2, -0.15) is 0 Å². The Morgan fingerprint density at radius 1 is 1.35 bits per heavy atom. The van der Waals surface area contributed by atoms with Gasteiger partial charge in [0.25, 0.3) is 5.91 Å². The molecule has 0 aromatic heterocycles. The second kappa shape index (κ2) is 5.81. The molecule has 2 aliphatic rings. The van der Waals surface area contributed by atoms with Gasteiger partial charge in [0, 0.05) is 36.8 Å². The van der Waals surface area contributed by atoms with E-state index in [4.69, 9.17) is 5.73 Å². The zero-order chi connectivity index (χ0) is 13.4. The zero-order valence-corrected chi connectivity index (χ0v) is 11.9. The fourth-order valence-electron chi connectivity index (χ4n) is 2.67. The van der Waals surface area contributed by atoms with Gasteiger partial charge in [-0.15, -0.1) is 12.4 Å². The maximum Gasteiger partial charge on any atom is 0.253 e. The summed E-state index contributed by atoms with van der Waals surface area (Å²) in [6.45, 7) is 1.36. The van der Waals surface area contributed by atoms with Gasteiger partial charge in [0.1, 0.15) is 0 Å². The molecule has 0 spiro atoms. The van der Waals surface area contributed by atoms with Crippen LogP contribution < -0.4 is 11.1 Å². The first-order valence-electron chi connectivity index (χ1n) is 6.61. The molecule has 1 atom stereocenters. The van der Waals surface area contributed by atoms with Gasteiger partial charge in [-0.3, -0.25) is 9.59 Å². The minimum atomic E-state index is 0. The Hall–Kier alpha value is -1.59. The molecule has 1 aromatic rings. The van der Waals surface area contributed by atoms with Crippen molar-refractivity contribution < 1.29 is 9.59 Å². The molecule has 0 bridgehead atoms. The molecule has 1 unspecified atom stereocenters. The predicted octanol–water partition coefficient (Wildman–Crippen LogP) is 1.17. The number of hydrogen-bond acceptors (Lipinski definition) is 3. The molecule has 3 rings (SSSR count). The van der Waals surface area contributed by atoms with Crippen LogP contribution >= 0.6 is 12.4 Å². The van der Waals surface area contributed by atoms with Gasteiger partial charge in [0.05, 0.1) is 0 Å². The minimum Gasteiger partial charge on any atom is -0.337 e. The smallest absolute Gasteiger partial charge is 0.253 e. The molecule has 1 saturated heterocycles. The van der Waals surface area contributed by atoms with Crippen LogP contribution in [0.2, 0.25) is 0 Å². The Morgan fingerprint density at radius 3 is 2.85 bits per heavy atom. The molecule has 5 nitrogen and oxygen atoms in total. The van der Waals surface area contributed by atoms with Crippen molar-refractivity contribution in [3.05, 3.63) is 29.3 Å². The number of rotatable bonds is 1. The van der Waals surface area contributed by atoms with E-state index >= 15 is 0 Å². The van der Waals surface area contributed by atoms with E-state index in [2.05, 4.69) is 5.32 Å². The maximum absolute atomic E-state index is 12.3. The fourth-order valence-corrected chi connectivity index (χ4v) is 2.67. The first-order valence-corrected chi connectivity index (χ1v) is 6.61. The van der Waals surface area contributed by atoms with Crippen molar-refractivity contribution in [1.82, 2.24) is 4.90 Å². The molecule has 20 heavy (non-hydrogen) atoms. The number of amides is 2. The van der Waals surface area contributed by atoms with Crippen LogP contribution in [0.3, 0.4) is 0 Å². The summed E-state index contributed by atoms with van der Waals surface area (Å²) in [7, 11) is 0. The number of benzene rings is 1. The second-order valence-electron chi connectivity index (χ2n) is 5.22. The summed E-state index contributed by atoms with van der Waals surface area (Å²) < 4.78 is 0. The van der Waals surface area contributed by atoms with E-state index in [1.165, 1.54) is 0 Å². The first-order chi connectivity index (χ1) is 9.13. The third kappa shape index (κ3) is 2.78. The number of nitrogens with two attached hydrogens (primary N) is 1. The van der Waals surface area contributed by atoms with Crippen LogP contribution in [-0.2, 0) is 11.2 Å². The van der Waals surface area contributed by atoms with Crippen LogP contribution in [0.15, 0.2) is 18.2 Å². The van der Waals surface area contributed by atoms with Crippen LogP contribution in [0.1, 0.15) is 28.8 Å². The number of anilines is 1. The zero-order valence-electron chi connectivity index (χ0n) is 11.1. The highest BCUT2D eigenvalue weighted by atomic mass is 35.5. The topological polar surface area (TPSA) is 75.4 Å². The number of carbonyl (C=O) groups is 2. The Kier molecular flexibility index (Phi) is 4.30. The number of likely N-dealkylation sites (tertiary alicyclic amines) is 1. The molecule has 3 N–H and O–H groups in total. The monoisotopic (exact) mass is 295 g/mol. The van der Waals surface area contributed by atoms with Gasteiger partial charge in [-0.1, -0.05) is 0 Å². The first kappa shape index (κ1) is 14.8. The van der Waals surface area contributed by atoms with E-state index in [0.29, 0.717) is 24.9 Å². The van der Waals surface area contributed by atoms with Crippen molar-refractivity contribution in [3.63, 3.8) is 0 Å². The van der Waals surface area contributed by atoms with E-state index < -0.39 is 0 Å². The molecule has 2 aliphatic heterocycles. The second-order valence-corrected chi connectivity index (χ2v) is 5.22. The summed E-state index contributed by atoms with van der Waals surface area (Å²) in [4.78, 5) is 25.4. The van der Waals surface area contributed by atoms with Gasteiger partial charge in [-0.25, -0.2) is 0 Å². The highest BCUT2D eigenvalue weighted by Crippen LogP contribution is 2.24. The summed E-state index contributed by atoms with van der Waals surface area (Å²) >= 11 is 0. The lowest BCUT2D eigenvalue weighted by molar-refractivity contribution is -0.116. The standard InChI is InChI=1S/C14H17N3O2.ClH/c15-11-5-6-17(8-11)14(19)10-1-3-12-9(7-10)2-4-13(18)16-12;/h1,3,7,11H,2,4-6,8,15H2,(H,16,18);1H. The van der Waals surface area contributed by atoms with E-state index in [-0.39, 0.29) is 30.3 Å². The summed E-state index contributed by atoms with van der Waals surface area (Å²) in [5.41, 5.74) is 8.37. The highest BCUT2D eigenvalue weighted by molar-refractivity contribution is 5.98. The van der Waals surface area contributed by atoms with Gasteiger partial charge in [0.2, 0.25) is 5.91 Å². The number of fused-ring (bicyclic) bond motifs is 1. The van der Waals surface area contributed by atoms with E-state index in [0.717, 1.165) is 24.2 Å². The summed E-state index contributed by atoms with van der Waals surface area (Å²) in [5.74, 6) is 0.0738. The van der Waals surface area contributed by atoms with Gasteiger partial charge < -0.3 is 16.0 Å². The average Bonchev–Trinajstić information content (AvgIpc) is 2.84. The lowest BCUT2D eigenvalue weighted by Crippen LogP contribution is -2.32. The molecular weight excluding hydrogens is 278 g/mol. The third-order valence-corrected chi connectivity index (χ3v) is 3.76. The molecule has 2 heterocycles. The molecule has 0 saturated carbocycles. The molecule has 108 valence electrons. The molecule has 6 heteroatoms. The van der Waals surface area contributed by atoms with Gasteiger partial charge in [-0.05, 0) is 36.6 Å². The predicted molar refractivity (Wildman–Crippen MR) is 79.1 cm³/mol. The Balaban J connectivity index is 0.00000147. The highest BCUT2D eigenvalue weighted by Gasteiger charge is 2.25. The van der Waals surface area contributed by atoms with E-state index in [1.807, 2.05) is 12.1 Å². The maximum atomic E-state index is 12.3. The average molecular weight is 296 g/mol. The van der Waals surface area contributed by atoms with Gasteiger partial charge in [0.15, 0.2) is 0 Å². The summed E-state index contributed by atoms with van der Waals surface area (Å²) in [5, 5.41) is 2.82. The summed E-state index contributed by atoms with van der Waals surface area (Å²) in [6.07, 6.45) is 2.05. The molecule has 1 fully saturated rings. The number of halogens is 1. The van der Waals surface area contributed by atoms with E-state index in [9.17, 15) is 9.59 Å². The van der Waals surface area contributed by atoms with Crippen molar-refractivity contribution in [1.29, 1.82) is 0 Å². The van der Waals surface area contributed by atoms with Crippen molar-refractivity contribution in [3.8, 4) is 0 Å². The van der Waals surface area contributed by atoms with Crippen molar-refractivity contribution in [2.24, 2.45) is 5.73 Å². The molecule has 1 aromatic carbocycles. The fraction of sp³-hybridized carbons (Fsp3) is 0.429. The number of aryl methyl sites for hydroxylation is 1. The van der Waals surface area contributed by atoms with Crippen molar-refractivity contribution in [2.45, 2.75) is 25.3 Å². The van der Waals surface area contributed by atoms with Crippen LogP contribution in [0.4, 0.5) is 5.69 Å². The largest absolute Gasteiger partial charge is 0.337 e. The van der Waals surface area contributed by atoms with Gasteiger partial charge >= 0.3 is 0 Å². The summed E-state index contributed by atoms with van der Waals surface area (Å²) in [6, 6.07) is 5.58. The Bertz CT molecular complexity index is 547. The lowest BCUT2D eigenvalue weighted by Gasteiger charge is -2.20. The number of nitrogens with zero attached hydrogens (tertiary/aromatic N) is 1. The third-order valence-electron chi connectivity index (χ3n) is 3.76. The molecular formula is C14H18ClN3O2. The normalized spacial score (nSPS) is 20.9. The quantitative estimate of drug-likeness (QED) is 0.816. The number of nitrogens with one attached hydrogen (secondary N) is 1. The Morgan fingerprint density at radius 2 is 2.15 bits per heavy atom. The molecule has 2 amide bonds. The number of carbonyl (C=O) groups excluding carboxylic acids is 2. The van der Waals surface area contributed by atoms with Crippen LogP contribution in [-0.4, -0.2) is 35.8 Å². The molecule has 0 aliphatic carbocycles. The number of hydrogen-bond donors (Lipinski definition) is 2. The van der Waals surface area contributed by atoms with Crippen LogP contribution in [0.5, 0.6) is 0 Å². The van der Waals surface area contributed by atoms with Crippen molar-refractivity contribution >= 4 is 29.9 Å². The van der Waals surface area contributed by atoms with Crippen LogP contribution in [0, 0.1) is 0 Å². The SMILES string of the molecule is Cl.NC1CCN(C(=O)c2ccc3c(c2)CCC(=O)N3)C1. The minimum absolute atomic E-state index is 0. The van der Waals surface area contributed by atoms with Crippen LogP contribution in [0.25, 0.3) is 0 Å². The molecule has 0 radical (unpaired) electrons. The lowest BCUT2D eigenvalue weighted by atomic mass is 10.00. The Labute approximate surface area is 123 Å². The van der Waals surface area contributed by atoms with Crippen molar-refractivity contribution in [2.75, 3.05) is 18.4 Å².